The fourth-order valence-corrected chi connectivity index (χ4v) is 4.60. The molecule has 176 valence electrons. The van der Waals surface area contributed by atoms with E-state index in [1.54, 1.807) is 7.05 Å². The summed E-state index contributed by atoms with van der Waals surface area (Å²) >= 11 is 0. The summed E-state index contributed by atoms with van der Waals surface area (Å²) in [6.45, 7) is 4.23. The summed E-state index contributed by atoms with van der Waals surface area (Å²) in [4.78, 5) is 6.63. The summed E-state index contributed by atoms with van der Waals surface area (Å²) in [5.74, 6) is 1.52. The van der Waals surface area contributed by atoms with E-state index in [2.05, 4.69) is 20.5 Å². The van der Waals surface area contributed by atoms with E-state index in [1.165, 1.54) is 12.1 Å². The van der Waals surface area contributed by atoms with E-state index in [4.69, 9.17) is 4.74 Å². The second kappa shape index (κ2) is 14.6. The van der Waals surface area contributed by atoms with Gasteiger partial charge in [-0.05, 0) is 23.3 Å². The normalized spacial score (nSPS) is 16.6. The number of aliphatic imine (C=N–C) groups is 1. The van der Waals surface area contributed by atoms with Gasteiger partial charge in [-0.1, -0.05) is 42.5 Å². The molecule has 9 heteroatoms. The third-order valence-corrected chi connectivity index (χ3v) is 6.54. The fraction of sp³-hybridized carbons (Fsp3) is 0.435. The summed E-state index contributed by atoms with van der Waals surface area (Å²) in [6, 6.07) is 16.6. The molecule has 2 atom stereocenters. The molecule has 1 heterocycles. The van der Waals surface area contributed by atoms with Crippen molar-refractivity contribution in [2.24, 2.45) is 4.99 Å². The molecule has 1 aliphatic rings. The second-order valence-electron chi connectivity index (χ2n) is 7.37. The fourth-order valence-electron chi connectivity index (χ4n) is 3.56. The highest BCUT2D eigenvalue weighted by Gasteiger charge is 2.23. The van der Waals surface area contributed by atoms with E-state index in [0.29, 0.717) is 43.8 Å². The number of hydrogen-bond acceptors (Lipinski definition) is 4. The third-order valence-electron chi connectivity index (χ3n) is 5.22. The van der Waals surface area contributed by atoms with E-state index in [0.717, 1.165) is 24.2 Å². The first-order chi connectivity index (χ1) is 15.2. The molecule has 1 aliphatic heterocycles. The lowest BCUT2D eigenvalue weighted by Crippen LogP contribution is -2.46. The second-order valence-corrected chi connectivity index (χ2v) is 8.95. The Morgan fingerprint density at radius 1 is 1.12 bits per heavy atom. The zero-order valence-corrected chi connectivity index (χ0v) is 21.5. The molecule has 2 N–H and O–H groups in total. The minimum Gasteiger partial charge on any atom is -0.379 e. The van der Waals surface area contributed by atoms with Crippen LogP contribution in [0, 0.1) is 5.82 Å². The van der Waals surface area contributed by atoms with Crippen molar-refractivity contribution in [3.63, 3.8) is 0 Å². The van der Waals surface area contributed by atoms with Crippen LogP contribution in [-0.2, 0) is 21.3 Å². The highest BCUT2D eigenvalue weighted by molar-refractivity contribution is 14.0. The Bertz CT molecular complexity index is 849. The van der Waals surface area contributed by atoms with Crippen molar-refractivity contribution >= 4 is 40.7 Å². The molecule has 2 aromatic carbocycles. The zero-order valence-electron chi connectivity index (χ0n) is 18.3. The Labute approximate surface area is 209 Å². The molecule has 32 heavy (non-hydrogen) atoms. The van der Waals surface area contributed by atoms with Gasteiger partial charge < -0.3 is 15.4 Å². The summed E-state index contributed by atoms with van der Waals surface area (Å²) in [5.41, 5.74) is 2.13. The van der Waals surface area contributed by atoms with Gasteiger partial charge in [0.1, 0.15) is 5.82 Å². The largest absolute Gasteiger partial charge is 0.379 e. The maximum absolute atomic E-state index is 13.4. The van der Waals surface area contributed by atoms with Crippen LogP contribution in [0.1, 0.15) is 17.2 Å². The number of guanidine groups is 1. The van der Waals surface area contributed by atoms with Crippen LogP contribution in [0.3, 0.4) is 0 Å². The van der Waals surface area contributed by atoms with Crippen molar-refractivity contribution < 1.29 is 13.3 Å². The maximum atomic E-state index is 13.4. The highest BCUT2D eigenvalue weighted by Crippen LogP contribution is 2.21. The number of nitrogens with zero attached hydrogens (tertiary/aromatic N) is 2. The molecule has 0 saturated carbocycles. The SMILES string of the molecule is CN=C(NCCS(=O)Cc1ccccc1)NCC(c1ccc(F)cc1)N1CCOCC1.I. The van der Waals surface area contributed by atoms with Gasteiger partial charge in [-0.25, -0.2) is 4.39 Å². The van der Waals surface area contributed by atoms with Gasteiger partial charge in [0.25, 0.3) is 0 Å². The average Bonchev–Trinajstić information content (AvgIpc) is 2.80. The van der Waals surface area contributed by atoms with Crippen LogP contribution < -0.4 is 10.6 Å². The number of morpholine rings is 1. The molecule has 2 unspecified atom stereocenters. The number of hydrogen-bond donors (Lipinski definition) is 2. The molecule has 1 saturated heterocycles. The van der Waals surface area contributed by atoms with Gasteiger partial charge in [0, 0.05) is 55.5 Å². The first-order valence-corrected chi connectivity index (χ1v) is 12.0. The zero-order chi connectivity index (χ0) is 21.9. The van der Waals surface area contributed by atoms with Crippen LogP contribution >= 0.6 is 24.0 Å². The van der Waals surface area contributed by atoms with Crippen LogP contribution in [0.2, 0.25) is 0 Å². The lowest BCUT2D eigenvalue weighted by molar-refractivity contribution is 0.0170. The van der Waals surface area contributed by atoms with Crippen LogP contribution in [0.5, 0.6) is 0 Å². The highest BCUT2D eigenvalue weighted by atomic mass is 127. The van der Waals surface area contributed by atoms with Crippen LogP contribution in [0.25, 0.3) is 0 Å². The Hall–Kier alpha value is -1.56. The van der Waals surface area contributed by atoms with Gasteiger partial charge >= 0.3 is 0 Å². The lowest BCUT2D eigenvalue weighted by atomic mass is 10.0. The quantitative estimate of drug-likeness (QED) is 0.274. The first kappa shape index (κ1) is 26.7. The molecule has 0 aliphatic carbocycles. The summed E-state index contributed by atoms with van der Waals surface area (Å²) in [6.07, 6.45) is 0. The van der Waals surface area contributed by atoms with E-state index in [9.17, 15) is 8.60 Å². The van der Waals surface area contributed by atoms with E-state index in [-0.39, 0.29) is 35.8 Å². The van der Waals surface area contributed by atoms with Crippen molar-refractivity contribution in [2.45, 2.75) is 11.8 Å². The van der Waals surface area contributed by atoms with Gasteiger partial charge in [0.05, 0.1) is 19.3 Å². The average molecular weight is 575 g/mol. The summed E-state index contributed by atoms with van der Waals surface area (Å²) < 4.78 is 31.2. The monoisotopic (exact) mass is 574 g/mol. The Kier molecular flexibility index (Phi) is 12.1. The number of benzene rings is 2. The van der Waals surface area contributed by atoms with Gasteiger partial charge in [-0.3, -0.25) is 14.1 Å². The molecule has 6 nitrogen and oxygen atoms in total. The van der Waals surface area contributed by atoms with E-state index in [1.807, 2.05) is 42.5 Å². The van der Waals surface area contributed by atoms with E-state index < -0.39 is 10.8 Å². The number of ether oxygens (including phenoxy) is 1. The van der Waals surface area contributed by atoms with Crippen LogP contribution in [0.15, 0.2) is 59.6 Å². The van der Waals surface area contributed by atoms with E-state index >= 15 is 0 Å². The first-order valence-electron chi connectivity index (χ1n) is 10.6. The van der Waals surface area contributed by atoms with Gasteiger partial charge in [0.15, 0.2) is 5.96 Å². The van der Waals surface area contributed by atoms with Crippen molar-refractivity contribution in [2.75, 3.05) is 52.2 Å². The minimum atomic E-state index is -0.941. The minimum absolute atomic E-state index is 0. The van der Waals surface area contributed by atoms with Crippen molar-refractivity contribution in [1.29, 1.82) is 0 Å². The molecule has 0 spiro atoms. The summed E-state index contributed by atoms with van der Waals surface area (Å²) in [7, 11) is 0.779. The molecule has 0 aromatic heterocycles. The smallest absolute Gasteiger partial charge is 0.191 e. The molecule has 3 rings (SSSR count). The third kappa shape index (κ3) is 8.76. The number of rotatable bonds is 9. The molecular weight excluding hydrogens is 542 g/mol. The summed E-state index contributed by atoms with van der Waals surface area (Å²) in [5, 5.41) is 6.61. The predicted molar refractivity (Wildman–Crippen MR) is 139 cm³/mol. The van der Waals surface area contributed by atoms with Gasteiger partial charge in [-0.2, -0.15) is 0 Å². The van der Waals surface area contributed by atoms with Crippen molar-refractivity contribution in [1.82, 2.24) is 15.5 Å². The lowest BCUT2D eigenvalue weighted by Gasteiger charge is -2.35. The Morgan fingerprint density at radius 2 is 1.81 bits per heavy atom. The molecule has 1 fully saturated rings. The van der Waals surface area contributed by atoms with Crippen LogP contribution in [-0.4, -0.2) is 67.3 Å². The molecule has 0 radical (unpaired) electrons. The van der Waals surface area contributed by atoms with Crippen molar-refractivity contribution in [3.05, 3.63) is 71.5 Å². The molecule has 0 bridgehead atoms. The van der Waals surface area contributed by atoms with Gasteiger partial charge in [0.2, 0.25) is 0 Å². The molecular formula is C23H32FIN4O2S. The van der Waals surface area contributed by atoms with Crippen molar-refractivity contribution in [3.8, 4) is 0 Å². The standard InChI is InChI=1S/C23H31FN4O2S.HI/c1-25-23(26-11-16-31(29)18-19-5-3-2-4-6-19)27-17-22(28-12-14-30-15-13-28)20-7-9-21(24)10-8-20;/h2-10,22H,11-18H2,1H3,(H2,25,26,27);1H. The van der Waals surface area contributed by atoms with Gasteiger partial charge in [-0.15, -0.1) is 24.0 Å². The maximum Gasteiger partial charge on any atom is 0.191 e. The van der Waals surface area contributed by atoms with Crippen LogP contribution in [0.4, 0.5) is 4.39 Å². The molecule has 2 aromatic rings. The number of halogens is 2. The Morgan fingerprint density at radius 3 is 2.47 bits per heavy atom. The molecule has 0 amide bonds. The number of nitrogens with one attached hydrogen (secondary N) is 2. The predicted octanol–water partition coefficient (Wildman–Crippen LogP) is 2.93. The topological polar surface area (TPSA) is 66.0 Å². The Balaban J connectivity index is 0.00000363.